The summed E-state index contributed by atoms with van der Waals surface area (Å²) >= 11 is 6.14. The molecule has 3 nitrogen and oxygen atoms in total. The van der Waals surface area contributed by atoms with Gasteiger partial charge in [0.25, 0.3) is 5.91 Å². The van der Waals surface area contributed by atoms with Gasteiger partial charge >= 0.3 is 0 Å². The van der Waals surface area contributed by atoms with Gasteiger partial charge in [0, 0.05) is 0 Å². The predicted molar refractivity (Wildman–Crippen MR) is 68.7 cm³/mol. The van der Waals surface area contributed by atoms with Crippen LogP contribution in [0.1, 0.15) is 11.1 Å². The Labute approximate surface area is 103 Å². The lowest BCUT2D eigenvalue weighted by atomic mass is 10.1. The molecule has 2 rings (SSSR count). The van der Waals surface area contributed by atoms with Gasteiger partial charge in [0.05, 0.1) is 11.5 Å². The summed E-state index contributed by atoms with van der Waals surface area (Å²) in [6.45, 7) is -0.00519. The third-order valence-electron chi connectivity index (χ3n) is 2.07. The molecule has 1 fully saturated rings. The van der Waals surface area contributed by atoms with Crippen LogP contribution >= 0.6 is 24.0 Å². The van der Waals surface area contributed by atoms with E-state index in [0.29, 0.717) is 9.23 Å². The highest BCUT2D eigenvalue weighted by atomic mass is 32.2. The molecule has 0 spiro atoms. The minimum atomic E-state index is -0.163. The lowest BCUT2D eigenvalue weighted by Gasteiger charge is -1.98. The zero-order chi connectivity index (χ0) is 11.5. The van der Waals surface area contributed by atoms with Gasteiger partial charge in [-0.25, -0.2) is 0 Å². The van der Waals surface area contributed by atoms with Gasteiger partial charge in [-0.1, -0.05) is 42.2 Å². The Morgan fingerprint density at radius 2 is 2.31 bits per heavy atom. The van der Waals surface area contributed by atoms with Crippen molar-refractivity contribution >= 4 is 40.3 Å². The van der Waals surface area contributed by atoms with E-state index >= 15 is 0 Å². The van der Waals surface area contributed by atoms with Crippen molar-refractivity contribution < 1.29 is 9.90 Å². The molecule has 1 saturated heterocycles. The van der Waals surface area contributed by atoms with E-state index < -0.39 is 0 Å². The van der Waals surface area contributed by atoms with Crippen molar-refractivity contribution in [3.63, 3.8) is 0 Å². The van der Waals surface area contributed by atoms with Gasteiger partial charge in [-0.3, -0.25) is 4.79 Å². The lowest BCUT2D eigenvalue weighted by Crippen LogP contribution is -2.17. The number of carbonyl (C=O) groups excluding carboxylic acids is 1. The molecule has 1 heterocycles. The first-order chi connectivity index (χ1) is 7.69. The molecule has 1 aromatic carbocycles. The first-order valence-electron chi connectivity index (χ1n) is 4.63. The van der Waals surface area contributed by atoms with Gasteiger partial charge < -0.3 is 10.4 Å². The van der Waals surface area contributed by atoms with Gasteiger partial charge in [-0.2, -0.15) is 0 Å². The zero-order valence-electron chi connectivity index (χ0n) is 8.27. The quantitative estimate of drug-likeness (QED) is 0.620. The summed E-state index contributed by atoms with van der Waals surface area (Å²) in [4.78, 5) is 12.0. The highest BCUT2D eigenvalue weighted by Gasteiger charge is 2.21. The fraction of sp³-hybridized carbons (Fsp3) is 0.0909. The summed E-state index contributed by atoms with van der Waals surface area (Å²) in [7, 11) is 0. The van der Waals surface area contributed by atoms with Crippen molar-refractivity contribution in [2.24, 2.45) is 0 Å². The van der Waals surface area contributed by atoms with Crippen molar-refractivity contribution in [3.05, 3.63) is 40.3 Å². The van der Waals surface area contributed by atoms with Crippen LogP contribution < -0.4 is 5.32 Å². The maximum Gasteiger partial charge on any atom is 0.263 e. The number of thiocarbonyl (C=S) groups is 1. The van der Waals surface area contributed by atoms with Crippen LogP contribution in [0.5, 0.6) is 0 Å². The van der Waals surface area contributed by atoms with E-state index in [0.717, 1.165) is 11.1 Å². The molecule has 1 aliphatic heterocycles. The van der Waals surface area contributed by atoms with Crippen molar-refractivity contribution in [2.75, 3.05) is 0 Å². The second-order valence-electron chi connectivity index (χ2n) is 3.26. The number of aliphatic hydroxyl groups excluding tert-OH is 1. The van der Waals surface area contributed by atoms with Crippen LogP contribution in [0.3, 0.4) is 0 Å². The fourth-order valence-corrected chi connectivity index (χ4v) is 2.40. The van der Waals surface area contributed by atoms with E-state index in [1.54, 1.807) is 6.08 Å². The number of hydrogen-bond acceptors (Lipinski definition) is 4. The Morgan fingerprint density at radius 1 is 1.50 bits per heavy atom. The van der Waals surface area contributed by atoms with Gasteiger partial charge in [-0.05, 0) is 23.3 Å². The van der Waals surface area contributed by atoms with Gasteiger partial charge in [-0.15, -0.1) is 0 Å². The van der Waals surface area contributed by atoms with E-state index in [-0.39, 0.29) is 12.5 Å². The smallest absolute Gasteiger partial charge is 0.263 e. The predicted octanol–water partition coefficient (Wildman–Crippen LogP) is 1.67. The Kier molecular flexibility index (Phi) is 3.38. The maximum absolute atomic E-state index is 11.4. The SMILES string of the molecule is O=C1NC(=S)S/C1=C\c1cccc(CO)c1. The molecular formula is C11H9NO2S2. The zero-order valence-corrected chi connectivity index (χ0v) is 9.90. The van der Waals surface area contributed by atoms with Crippen LogP contribution in [0.2, 0.25) is 0 Å². The van der Waals surface area contributed by atoms with Gasteiger partial charge in [0.1, 0.15) is 4.32 Å². The molecule has 1 aliphatic rings. The molecule has 16 heavy (non-hydrogen) atoms. The van der Waals surface area contributed by atoms with E-state index in [1.165, 1.54) is 11.8 Å². The number of nitrogens with one attached hydrogen (secondary N) is 1. The van der Waals surface area contributed by atoms with Crippen molar-refractivity contribution in [3.8, 4) is 0 Å². The van der Waals surface area contributed by atoms with Crippen LogP contribution in [0.15, 0.2) is 29.2 Å². The fourth-order valence-electron chi connectivity index (χ4n) is 1.35. The first kappa shape index (κ1) is 11.3. The summed E-state index contributed by atoms with van der Waals surface area (Å²) in [5.74, 6) is -0.163. The van der Waals surface area contributed by atoms with E-state index in [9.17, 15) is 4.79 Å². The van der Waals surface area contributed by atoms with Crippen molar-refractivity contribution in [1.82, 2.24) is 5.32 Å². The Bertz CT molecular complexity index is 483. The summed E-state index contributed by atoms with van der Waals surface area (Å²) in [5, 5.41) is 11.5. The monoisotopic (exact) mass is 251 g/mol. The summed E-state index contributed by atoms with van der Waals surface area (Å²) in [6.07, 6.45) is 1.76. The van der Waals surface area contributed by atoms with Crippen LogP contribution in [-0.2, 0) is 11.4 Å². The van der Waals surface area contributed by atoms with E-state index in [1.807, 2.05) is 24.3 Å². The molecule has 2 N–H and O–H groups in total. The van der Waals surface area contributed by atoms with Gasteiger partial charge in [0.15, 0.2) is 0 Å². The molecule has 5 heteroatoms. The molecular weight excluding hydrogens is 242 g/mol. The van der Waals surface area contributed by atoms with E-state index in [2.05, 4.69) is 5.32 Å². The first-order valence-corrected chi connectivity index (χ1v) is 5.86. The number of benzene rings is 1. The Balaban J connectivity index is 2.28. The second kappa shape index (κ2) is 4.78. The molecule has 0 aromatic heterocycles. The highest BCUT2D eigenvalue weighted by molar-refractivity contribution is 8.26. The van der Waals surface area contributed by atoms with Crippen molar-refractivity contribution in [1.29, 1.82) is 0 Å². The standard InChI is InChI=1S/C11H9NO2S2/c13-6-8-3-1-2-7(4-8)5-9-10(14)12-11(15)16-9/h1-5,13H,6H2,(H,12,14,15)/b9-5-. The largest absolute Gasteiger partial charge is 0.392 e. The lowest BCUT2D eigenvalue weighted by molar-refractivity contribution is -0.115. The minimum absolute atomic E-state index is 0.00519. The minimum Gasteiger partial charge on any atom is -0.392 e. The number of carbonyl (C=O) groups is 1. The molecule has 0 saturated carbocycles. The van der Waals surface area contributed by atoms with Crippen LogP contribution in [-0.4, -0.2) is 15.3 Å². The summed E-state index contributed by atoms with van der Waals surface area (Å²) < 4.78 is 0.481. The maximum atomic E-state index is 11.4. The summed E-state index contributed by atoms with van der Waals surface area (Å²) in [6, 6.07) is 7.38. The number of amides is 1. The third kappa shape index (κ3) is 2.49. The third-order valence-corrected chi connectivity index (χ3v) is 3.24. The van der Waals surface area contributed by atoms with E-state index in [4.69, 9.17) is 17.3 Å². The Morgan fingerprint density at radius 3 is 2.94 bits per heavy atom. The van der Waals surface area contributed by atoms with Crippen LogP contribution in [0.25, 0.3) is 6.08 Å². The topological polar surface area (TPSA) is 49.3 Å². The number of hydrogen-bond donors (Lipinski definition) is 2. The van der Waals surface area contributed by atoms with Crippen LogP contribution in [0, 0.1) is 0 Å². The molecule has 1 amide bonds. The molecule has 0 bridgehead atoms. The van der Waals surface area contributed by atoms with Gasteiger partial charge in [0.2, 0.25) is 0 Å². The second-order valence-corrected chi connectivity index (χ2v) is 4.97. The molecule has 82 valence electrons. The Hall–Kier alpha value is -1.17. The molecule has 0 atom stereocenters. The normalized spacial score (nSPS) is 17.9. The molecule has 0 unspecified atom stereocenters. The average Bonchev–Trinajstić information content (AvgIpc) is 2.58. The summed E-state index contributed by atoms with van der Waals surface area (Å²) in [5.41, 5.74) is 1.70. The molecule has 0 radical (unpaired) electrons. The molecule has 0 aliphatic carbocycles. The molecule has 1 aromatic rings. The van der Waals surface area contributed by atoms with Crippen LogP contribution in [0.4, 0.5) is 0 Å². The van der Waals surface area contributed by atoms with Crippen molar-refractivity contribution in [2.45, 2.75) is 6.61 Å². The highest BCUT2D eigenvalue weighted by Crippen LogP contribution is 2.25. The average molecular weight is 251 g/mol. The number of aliphatic hydroxyl groups is 1. The number of rotatable bonds is 2. The number of thioether (sulfide) groups is 1.